The highest BCUT2D eigenvalue weighted by Gasteiger charge is 2.11. The number of aliphatic hydroxyl groups excluding tert-OH is 1. The summed E-state index contributed by atoms with van der Waals surface area (Å²) in [7, 11) is 0. The molecule has 3 aromatic carbocycles. The molecule has 0 bridgehead atoms. The lowest BCUT2D eigenvalue weighted by Gasteiger charge is -2.13. The Kier molecular flexibility index (Phi) is 8.89. The standard InChI is InChI=1S/C27H30ClNO4/c1-18-16-23(17-19(2)20(18)3)27(31)29-12-13-32-14-15-33-25-10-6-22(7-11-25)26(30)21-4-8-24(28)9-5-21/h4-11,16-17,26,30H,12-15H2,1-3H3,(H,29,31). The maximum atomic E-state index is 12.3. The van der Waals surface area contributed by atoms with Crippen molar-refractivity contribution in [1.82, 2.24) is 5.32 Å². The van der Waals surface area contributed by atoms with Crippen LogP contribution in [-0.4, -0.2) is 37.4 Å². The van der Waals surface area contributed by atoms with E-state index in [-0.39, 0.29) is 5.91 Å². The summed E-state index contributed by atoms with van der Waals surface area (Å²) in [6.07, 6.45) is -0.720. The van der Waals surface area contributed by atoms with Crippen molar-refractivity contribution in [2.45, 2.75) is 26.9 Å². The highest BCUT2D eigenvalue weighted by atomic mass is 35.5. The van der Waals surface area contributed by atoms with Gasteiger partial charge in [0.1, 0.15) is 18.5 Å². The van der Waals surface area contributed by atoms with Gasteiger partial charge in [-0.05, 0) is 85.0 Å². The monoisotopic (exact) mass is 467 g/mol. The van der Waals surface area contributed by atoms with Crippen molar-refractivity contribution >= 4 is 17.5 Å². The predicted molar refractivity (Wildman–Crippen MR) is 131 cm³/mol. The number of carbonyl (C=O) groups excluding carboxylic acids is 1. The van der Waals surface area contributed by atoms with Crippen LogP contribution in [-0.2, 0) is 4.74 Å². The summed E-state index contributed by atoms with van der Waals surface area (Å²) in [6, 6.07) is 18.2. The predicted octanol–water partition coefficient (Wildman–Crippen LogP) is 5.17. The zero-order valence-corrected chi connectivity index (χ0v) is 20.0. The van der Waals surface area contributed by atoms with Crippen molar-refractivity contribution in [2.75, 3.05) is 26.4 Å². The van der Waals surface area contributed by atoms with Crippen LogP contribution in [0, 0.1) is 20.8 Å². The summed E-state index contributed by atoms with van der Waals surface area (Å²) in [5.41, 5.74) is 5.66. The summed E-state index contributed by atoms with van der Waals surface area (Å²) < 4.78 is 11.2. The first-order valence-electron chi connectivity index (χ1n) is 10.9. The third-order valence-corrected chi connectivity index (χ3v) is 5.85. The molecule has 0 saturated heterocycles. The Morgan fingerprint density at radius 2 is 1.48 bits per heavy atom. The minimum absolute atomic E-state index is 0.0954. The van der Waals surface area contributed by atoms with Crippen LogP contribution in [0.4, 0.5) is 0 Å². The third kappa shape index (κ3) is 7.06. The van der Waals surface area contributed by atoms with E-state index in [9.17, 15) is 9.90 Å². The number of aryl methyl sites for hydroxylation is 2. The summed E-state index contributed by atoms with van der Waals surface area (Å²) in [5.74, 6) is 0.603. The molecule has 0 radical (unpaired) electrons. The molecule has 0 saturated carbocycles. The molecule has 1 atom stereocenters. The first-order chi connectivity index (χ1) is 15.8. The molecule has 2 N–H and O–H groups in total. The largest absolute Gasteiger partial charge is 0.491 e. The molecule has 1 amide bonds. The Labute approximate surface area is 200 Å². The van der Waals surface area contributed by atoms with Gasteiger partial charge in [0.15, 0.2) is 0 Å². The van der Waals surface area contributed by atoms with Crippen LogP contribution in [0.15, 0.2) is 60.7 Å². The van der Waals surface area contributed by atoms with Gasteiger partial charge in [-0.2, -0.15) is 0 Å². The number of rotatable bonds is 10. The van der Waals surface area contributed by atoms with Crippen molar-refractivity contribution in [3.63, 3.8) is 0 Å². The average molecular weight is 468 g/mol. The van der Waals surface area contributed by atoms with Gasteiger partial charge in [0.05, 0.1) is 13.2 Å². The van der Waals surface area contributed by atoms with Crippen molar-refractivity contribution in [3.8, 4) is 5.75 Å². The fraction of sp³-hybridized carbons (Fsp3) is 0.296. The molecule has 0 aliphatic rings. The van der Waals surface area contributed by atoms with Crippen LogP contribution in [0.2, 0.25) is 5.02 Å². The normalized spacial score (nSPS) is 11.8. The van der Waals surface area contributed by atoms with Crippen LogP contribution in [0.25, 0.3) is 0 Å². The van der Waals surface area contributed by atoms with Crippen LogP contribution < -0.4 is 10.1 Å². The smallest absolute Gasteiger partial charge is 0.251 e. The van der Waals surface area contributed by atoms with Crippen LogP contribution in [0.1, 0.15) is 44.3 Å². The van der Waals surface area contributed by atoms with E-state index in [2.05, 4.69) is 12.2 Å². The SMILES string of the molecule is Cc1cc(C(=O)NCCOCCOc2ccc(C(O)c3ccc(Cl)cc3)cc2)cc(C)c1C. The lowest BCUT2D eigenvalue weighted by molar-refractivity contribution is 0.0866. The van der Waals surface area contributed by atoms with E-state index in [4.69, 9.17) is 21.1 Å². The molecule has 33 heavy (non-hydrogen) atoms. The molecule has 0 aliphatic carbocycles. The lowest BCUT2D eigenvalue weighted by atomic mass is 10.0. The van der Waals surface area contributed by atoms with Crippen molar-refractivity contribution in [1.29, 1.82) is 0 Å². The number of amides is 1. The number of nitrogens with one attached hydrogen (secondary N) is 1. The lowest BCUT2D eigenvalue weighted by Crippen LogP contribution is -2.28. The average Bonchev–Trinajstić information content (AvgIpc) is 2.82. The number of carbonyl (C=O) groups is 1. The Hall–Kier alpha value is -2.86. The number of benzene rings is 3. The van der Waals surface area contributed by atoms with E-state index in [0.717, 1.165) is 22.3 Å². The summed E-state index contributed by atoms with van der Waals surface area (Å²) >= 11 is 5.90. The third-order valence-electron chi connectivity index (χ3n) is 5.60. The summed E-state index contributed by atoms with van der Waals surface area (Å²) in [5, 5.41) is 14.0. The van der Waals surface area contributed by atoms with Gasteiger partial charge in [0.2, 0.25) is 0 Å². The molecular weight excluding hydrogens is 438 g/mol. The van der Waals surface area contributed by atoms with Gasteiger partial charge < -0.3 is 19.9 Å². The molecule has 174 valence electrons. The molecule has 0 heterocycles. The molecule has 0 spiro atoms. The highest BCUT2D eigenvalue weighted by molar-refractivity contribution is 6.30. The first-order valence-corrected chi connectivity index (χ1v) is 11.3. The summed E-state index contributed by atoms with van der Waals surface area (Å²) in [4.78, 5) is 12.3. The second-order valence-corrected chi connectivity index (χ2v) is 8.41. The van der Waals surface area contributed by atoms with Gasteiger partial charge in [-0.15, -0.1) is 0 Å². The van der Waals surface area contributed by atoms with Crippen LogP contribution in [0.5, 0.6) is 5.75 Å². The van der Waals surface area contributed by atoms with E-state index < -0.39 is 6.10 Å². The number of aliphatic hydroxyl groups is 1. The quantitative estimate of drug-likeness (QED) is 0.403. The zero-order valence-electron chi connectivity index (χ0n) is 19.2. The maximum Gasteiger partial charge on any atom is 0.251 e. The molecule has 5 nitrogen and oxygen atoms in total. The van der Waals surface area contributed by atoms with Gasteiger partial charge in [0.25, 0.3) is 5.91 Å². The highest BCUT2D eigenvalue weighted by Crippen LogP contribution is 2.25. The number of hydrogen-bond acceptors (Lipinski definition) is 4. The maximum absolute atomic E-state index is 12.3. The number of hydrogen-bond donors (Lipinski definition) is 2. The van der Waals surface area contributed by atoms with Crippen molar-refractivity contribution < 1.29 is 19.4 Å². The molecule has 0 aliphatic heterocycles. The van der Waals surface area contributed by atoms with Crippen LogP contribution in [0.3, 0.4) is 0 Å². The molecule has 6 heteroatoms. The Bertz CT molecular complexity index is 1040. The van der Waals surface area contributed by atoms with Gasteiger partial charge >= 0.3 is 0 Å². The minimum Gasteiger partial charge on any atom is -0.491 e. The Balaban J connectivity index is 1.34. The van der Waals surface area contributed by atoms with Gasteiger partial charge in [-0.1, -0.05) is 35.9 Å². The molecule has 1 unspecified atom stereocenters. The minimum atomic E-state index is -0.720. The van der Waals surface area contributed by atoms with Gasteiger partial charge in [0, 0.05) is 17.1 Å². The first kappa shape index (κ1) is 24.8. The molecule has 0 aromatic heterocycles. The molecule has 3 aromatic rings. The molecule has 3 rings (SSSR count). The van der Waals surface area contributed by atoms with Crippen molar-refractivity contribution in [3.05, 3.63) is 99.1 Å². The Morgan fingerprint density at radius 3 is 2.09 bits per heavy atom. The topological polar surface area (TPSA) is 67.8 Å². The number of halogens is 1. The van der Waals surface area contributed by atoms with Crippen molar-refractivity contribution in [2.24, 2.45) is 0 Å². The second kappa shape index (κ2) is 11.8. The van der Waals surface area contributed by atoms with E-state index in [1.807, 2.05) is 50.2 Å². The van der Waals surface area contributed by atoms with E-state index in [1.165, 1.54) is 5.56 Å². The molecular formula is C27H30ClNO4. The molecule has 0 fully saturated rings. The zero-order chi connectivity index (χ0) is 23.8. The van der Waals surface area contributed by atoms with Gasteiger partial charge in [-0.3, -0.25) is 4.79 Å². The Morgan fingerprint density at radius 1 is 0.909 bits per heavy atom. The van der Waals surface area contributed by atoms with E-state index in [0.29, 0.717) is 42.7 Å². The fourth-order valence-electron chi connectivity index (χ4n) is 3.41. The number of ether oxygens (including phenoxy) is 2. The van der Waals surface area contributed by atoms with Gasteiger partial charge in [-0.25, -0.2) is 0 Å². The fourth-order valence-corrected chi connectivity index (χ4v) is 3.54. The summed E-state index contributed by atoms with van der Waals surface area (Å²) in [6.45, 7) is 7.72. The van der Waals surface area contributed by atoms with E-state index >= 15 is 0 Å². The second-order valence-electron chi connectivity index (χ2n) is 7.97. The van der Waals surface area contributed by atoms with Crippen LogP contribution >= 0.6 is 11.6 Å². The van der Waals surface area contributed by atoms with E-state index in [1.54, 1.807) is 24.3 Å².